The first-order valence-electron chi connectivity index (χ1n) is 3.24. The number of hydrogen-bond acceptors (Lipinski definition) is 1. The van der Waals surface area contributed by atoms with E-state index in [9.17, 15) is 0 Å². The third-order valence-corrected chi connectivity index (χ3v) is 4.61. The molecule has 1 aromatic carbocycles. The van der Waals surface area contributed by atoms with Crippen LogP contribution in [0.3, 0.4) is 0 Å². The number of benzene rings is 1. The Labute approximate surface area is 81.2 Å². The summed E-state index contributed by atoms with van der Waals surface area (Å²) < 4.78 is 2.64. The predicted octanol–water partition coefficient (Wildman–Crippen LogP) is -0.917. The van der Waals surface area contributed by atoms with Gasteiger partial charge in [-0.25, -0.2) is 0 Å². The van der Waals surface area contributed by atoms with E-state index in [2.05, 4.69) is 27.9 Å². The molecule has 0 atom stereocenters. The van der Waals surface area contributed by atoms with Crippen molar-refractivity contribution in [1.82, 2.24) is 0 Å². The van der Waals surface area contributed by atoms with E-state index < -0.39 is 0 Å². The van der Waals surface area contributed by atoms with Crippen LogP contribution >= 0.6 is 0 Å². The minimum atomic E-state index is 0.149. The monoisotopic (exact) mass is 282 g/mol. The summed E-state index contributed by atoms with van der Waals surface area (Å²) in [7, 11) is 0. The van der Waals surface area contributed by atoms with Gasteiger partial charge in [-0.3, -0.25) is 0 Å². The molecule has 11 heavy (non-hydrogen) atoms. The van der Waals surface area contributed by atoms with Gasteiger partial charge in [0.2, 0.25) is 0 Å². The van der Waals surface area contributed by atoms with Crippen molar-refractivity contribution in [2.45, 2.75) is 12.4 Å². The average Bonchev–Trinajstić information content (AvgIpc) is 2.05. The quantitative estimate of drug-likeness (QED) is 0.695. The fourth-order valence-corrected chi connectivity index (χ4v) is 3.25. The minimum absolute atomic E-state index is 0.149. The molecule has 0 spiro atoms. The summed E-state index contributed by atoms with van der Waals surface area (Å²) in [6.07, 6.45) is 0. The van der Waals surface area contributed by atoms with E-state index in [0.717, 1.165) is 5.56 Å². The predicted molar refractivity (Wildman–Crippen MR) is 50.4 cm³/mol. The molecule has 0 unspecified atom stereocenters. The van der Waals surface area contributed by atoms with Gasteiger partial charge in [0.15, 0.2) is 0 Å². The van der Waals surface area contributed by atoms with Gasteiger partial charge in [0.25, 0.3) is 0 Å². The Balaban J connectivity index is 3.02. The molecule has 0 aliphatic heterocycles. The first-order valence-corrected chi connectivity index (χ1v) is 6.75. The molecule has 0 aromatic heterocycles. The number of aliphatic hydroxyl groups is 1. The van der Waals surface area contributed by atoms with Gasteiger partial charge in [-0.2, -0.15) is 0 Å². The fraction of sp³-hybridized carbons (Fsp3) is 0.250. The van der Waals surface area contributed by atoms with Gasteiger partial charge in [0, 0.05) is 0 Å². The molecule has 0 amide bonds. The van der Waals surface area contributed by atoms with Crippen LogP contribution in [-0.2, 0) is 6.61 Å². The summed E-state index contributed by atoms with van der Waals surface area (Å²) in [5, 5.41) is 8.85. The topological polar surface area (TPSA) is 20.2 Å². The van der Waals surface area contributed by atoms with Crippen LogP contribution in [0.4, 0.5) is 0 Å². The van der Waals surface area contributed by atoms with Gasteiger partial charge in [0.1, 0.15) is 0 Å². The van der Waals surface area contributed by atoms with E-state index in [-0.39, 0.29) is 6.61 Å². The molecular weight excluding hydrogens is 270 g/mol. The second kappa shape index (κ2) is 4.30. The van der Waals surface area contributed by atoms with Gasteiger partial charge in [0.05, 0.1) is 0 Å². The van der Waals surface area contributed by atoms with Crippen molar-refractivity contribution in [3.8, 4) is 0 Å². The number of hydrogen-bond donors (Lipinski definition) is 1. The Morgan fingerprint density at radius 1 is 1.55 bits per heavy atom. The van der Waals surface area contributed by atoms with E-state index in [1.54, 1.807) is 0 Å². The second-order valence-corrected chi connectivity index (χ2v) is 4.95. The third kappa shape index (κ3) is 2.33. The zero-order valence-corrected chi connectivity index (χ0v) is 9.83. The Morgan fingerprint density at radius 3 is 2.82 bits per heavy atom. The molecule has 0 radical (unpaired) electrons. The molecule has 0 heterocycles. The molecule has 1 nitrogen and oxygen atoms in total. The first kappa shape index (κ1) is 9.31. The molecule has 1 N–H and O–H groups in total. The van der Waals surface area contributed by atoms with Crippen LogP contribution in [0.1, 0.15) is 5.56 Å². The van der Waals surface area contributed by atoms with E-state index in [4.69, 9.17) is 5.11 Å². The molecule has 0 aliphatic carbocycles. The van der Waals surface area contributed by atoms with Gasteiger partial charge >= 0.3 is 81.2 Å². The van der Waals surface area contributed by atoms with Crippen LogP contribution in [0.25, 0.3) is 0 Å². The van der Waals surface area contributed by atoms with Crippen molar-refractivity contribution in [3.05, 3.63) is 23.8 Å². The molecule has 0 saturated carbocycles. The van der Waals surface area contributed by atoms with Crippen molar-refractivity contribution in [2.24, 2.45) is 0 Å². The van der Waals surface area contributed by atoms with Crippen LogP contribution in [0.15, 0.2) is 18.2 Å². The van der Waals surface area contributed by atoms with Gasteiger partial charge < -0.3 is 0 Å². The standard InChI is InChI=1S/C8H10OSe2/c1-11-8-4-6(5-9)2-3-7(8)10/h2-4,9-10H,5H2,1H3. The van der Waals surface area contributed by atoms with Crippen molar-refractivity contribution >= 4 is 39.9 Å². The summed E-state index contributed by atoms with van der Waals surface area (Å²) in [4.78, 5) is 0. The number of rotatable bonds is 2. The molecular formula is C8H10OSe2. The Bertz CT molecular complexity index is 248. The van der Waals surface area contributed by atoms with Crippen LogP contribution in [0.5, 0.6) is 0 Å². The van der Waals surface area contributed by atoms with E-state index in [0.29, 0.717) is 15.0 Å². The maximum atomic E-state index is 8.85. The molecule has 0 fully saturated rings. The number of aliphatic hydroxyl groups excluding tert-OH is 1. The van der Waals surface area contributed by atoms with Gasteiger partial charge in [-0.15, -0.1) is 0 Å². The zero-order chi connectivity index (χ0) is 8.27. The van der Waals surface area contributed by atoms with Crippen molar-refractivity contribution in [3.63, 3.8) is 0 Å². The van der Waals surface area contributed by atoms with E-state index >= 15 is 0 Å². The summed E-state index contributed by atoms with van der Waals surface area (Å²) in [5.41, 5.74) is 1.01. The molecule has 1 aromatic rings. The summed E-state index contributed by atoms with van der Waals surface area (Å²) in [6.45, 7) is 0.149. The molecule has 1 rings (SSSR count). The summed E-state index contributed by atoms with van der Waals surface area (Å²) >= 11 is 3.08. The van der Waals surface area contributed by atoms with Crippen LogP contribution in [-0.4, -0.2) is 36.1 Å². The van der Waals surface area contributed by atoms with Gasteiger partial charge in [-0.1, -0.05) is 0 Å². The second-order valence-electron chi connectivity index (χ2n) is 2.16. The Morgan fingerprint density at radius 2 is 2.27 bits per heavy atom. The normalized spacial score (nSPS) is 10.1. The van der Waals surface area contributed by atoms with E-state index in [1.165, 1.54) is 8.92 Å². The van der Waals surface area contributed by atoms with Crippen LogP contribution in [0, 0.1) is 0 Å². The fourth-order valence-electron chi connectivity index (χ4n) is 0.820. The third-order valence-electron chi connectivity index (χ3n) is 1.43. The molecule has 3 heteroatoms. The average molecular weight is 280 g/mol. The van der Waals surface area contributed by atoms with Crippen molar-refractivity contribution < 1.29 is 5.11 Å². The van der Waals surface area contributed by atoms with Gasteiger partial charge in [-0.05, 0) is 0 Å². The summed E-state index contributed by atoms with van der Waals surface area (Å²) in [6, 6.07) is 6.09. The molecule has 0 bridgehead atoms. The molecule has 60 valence electrons. The Kier molecular flexibility index (Phi) is 3.63. The van der Waals surface area contributed by atoms with E-state index in [1.807, 2.05) is 12.1 Å². The zero-order valence-electron chi connectivity index (χ0n) is 6.24. The summed E-state index contributed by atoms with van der Waals surface area (Å²) in [5.74, 6) is 2.18. The van der Waals surface area contributed by atoms with Crippen LogP contribution < -0.4 is 8.92 Å². The van der Waals surface area contributed by atoms with Crippen molar-refractivity contribution in [2.75, 3.05) is 0 Å². The Hall–Kier alpha value is 0.219. The first-order chi connectivity index (χ1) is 5.27. The van der Waals surface area contributed by atoms with Crippen molar-refractivity contribution in [1.29, 1.82) is 0 Å². The SMILES string of the molecule is C[Se]c1cc(CO)ccc1[SeH]. The molecule has 0 saturated heterocycles. The van der Waals surface area contributed by atoms with Crippen LogP contribution in [0.2, 0.25) is 5.82 Å². The maximum absolute atomic E-state index is 8.85. The molecule has 0 aliphatic rings.